The molecule has 1 unspecified atom stereocenters. The second-order valence-electron chi connectivity index (χ2n) is 6.61. The Balaban J connectivity index is 1.47. The van der Waals surface area contributed by atoms with Crippen LogP contribution in [0.4, 0.5) is 0 Å². The van der Waals surface area contributed by atoms with Crippen LogP contribution >= 0.6 is 11.6 Å². The summed E-state index contributed by atoms with van der Waals surface area (Å²) in [4.78, 5) is 15.5. The van der Waals surface area contributed by atoms with Gasteiger partial charge in [-0.3, -0.25) is 4.79 Å². The summed E-state index contributed by atoms with van der Waals surface area (Å²) in [6.07, 6.45) is 4.36. The number of hydrogen-bond donors (Lipinski definition) is 2. The third kappa shape index (κ3) is 3.16. The molecule has 0 radical (unpaired) electrons. The standard InChI is InChI=1S/C18H21ClN2O3/c19-12-3-4-16-14(7-12)15(8-20-16)11-6-13(10-23-9-11)21-18(22)17-2-1-5-24-17/h3-4,7-8,11,13,17,20H,1-2,5-6,9-10H2,(H,21,22)/t11-,13+,17?/m0/s1. The van der Waals surface area contributed by atoms with E-state index in [1.165, 1.54) is 5.56 Å². The normalized spacial score (nSPS) is 27.5. The number of fused-ring (bicyclic) bond motifs is 1. The summed E-state index contributed by atoms with van der Waals surface area (Å²) in [7, 11) is 0. The predicted octanol–water partition coefficient (Wildman–Crippen LogP) is 2.99. The minimum absolute atomic E-state index is 0.0104. The summed E-state index contributed by atoms with van der Waals surface area (Å²) in [6, 6.07) is 5.87. The summed E-state index contributed by atoms with van der Waals surface area (Å²) in [6.45, 7) is 1.89. The van der Waals surface area contributed by atoms with Gasteiger partial charge in [0.1, 0.15) is 6.10 Å². The van der Waals surface area contributed by atoms with E-state index in [1.807, 2.05) is 24.4 Å². The van der Waals surface area contributed by atoms with Crippen molar-refractivity contribution in [1.82, 2.24) is 10.3 Å². The molecule has 2 aliphatic heterocycles. The molecule has 24 heavy (non-hydrogen) atoms. The van der Waals surface area contributed by atoms with Crippen molar-refractivity contribution in [3.63, 3.8) is 0 Å². The molecule has 6 heteroatoms. The average Bonchev–Trinajstić information content (AvgIpc) is 3.24. The lowest BCUT2D eigenvalue weighted by atomic mass is 9.91. The highest BCUT2D eigenvalue weighted by molar-refractivity contribution is 6.31. The minimum atomic E-state index is -0.294. The number of H-pyrrole nitrogens is 1. The number of nitrogens with one attached hydrogen (secondary N) is 2. The summed E-state index contributed by atoms with van der Waals surface area (Å²) in [5, 5.41) is 4.94. The van der Waals surface area contributed by atoms with E-state index >= 15 is 0 Å². The van der Waals surface area contributed by atoms with Crippen LogP contribution in [0.15, 0.2) is 24.4 Å². The molecule has 1 amide bonds. The van der Waals surface area contributed by atoms with E-state index in [9.17, 15) is 4.79 Å². The highest BCUT2D eigenvalue weighted by Gasteiger charge is 2.30. The van der Waals surface area contributed by atoms with E-state index in [-0.39, 0.29) is 24.0 Å². The van der Waals surface area contributed by atoms with Gasteiger partial charge in [-0.25, -0.2) is 0 Å². The molecule has 3 atom stereocenters. The molecule has 1 aromatic heterocycles. The molecule has 2 fully saturated rings. The highest BCUT2D eigenvalue weighted by atomic mass is 35.5. The monoisotopic (exact) mass is 348 g/mol. The average molecular weight is 349 g/mol. The molecule has 0 saturated carbocycles. The number of carbonyl (C=O) groups excluding carboxylic acids is 1. The van der Waals surface area contributed by atoms with Crippen LogP contribution < -0.4 is 5.32 Å². The quantitative estimate of drug-likeness (QED) is 0.896. The summed E-state index contributed by atoms with van der Waals surface area (Å²) in [5.41, 5.74) is 2.27. The van der Waals surface area contributed by atoms with E-state index in [4.69, 9.17) is 21.1 Å². The van der Waals surface area contributed by atoms with Crippen LogP contribution in [-0.4, -0.2) is 42.9 Å². The molecular weight excluding hydrogens is 328 g/mol. The number of benzene rings is 1. The van der Waals surface area contributed by atoms with Crippen molar-refractivity contribution in [3.05, 3.63) is 35.0 Å². The van der Waals surface area contributed by atoms with Gasteiger partial charge in [-0.2, -0.15) is 0 Å². The number of rotatable bonds is 3. The maximum atomic E-state index is 12.2. The lowest BCUT2D eigenvalue weighted by Gasteiger charge is -2.30. The number of aromatic nitrogens is 1. The number of amides is 1. The molecule has 2 N–H and O–H groups in total. The van der Waals surface area contributed by atoms with Gasteiger partial charge in [-0.05, 0) is 43.0 Å². The van der Waals surface area contributed by atoms with Gasteiger partial charge >= 0.3 is 0 Å². The largest absolute Gasteiger partial charge is 0.379 e. The topological polar surface area (TPSA) is 63.3 Å². The van der Waals surface area contributed by atoms with Crippen LogP contribution in [-0.2, 0) is 14.3 Å². The van der Waals surface area contributed by atoms with Crippen molar-refractivity contribution in [2.24, 2.45) is 0 Å². The maximum Gasteiger partial charge on any atom is 0.249 e. The zero-order valence-electron chi connectivity index (χ0n) is 13.4. The maximum absolute atomic E-state index is 12.2. The van der Waals surface area contributed by atoms with Crippen LogP contribution in [0.2, 0.25) is 5.02 Å². The number of ether oxygens (including phenoxy) is 2. The summed E-state index contributed by atoms with van der Waals surface area (Å²) >= 11 is 6.14. The first-order chi connectivity index (χ1) is 11.7. The van der Waals surface area contributed by atoms with Gasteiger partial charge in [-0.15, -0.1) is 0 Å². The van der Waals surface area contributed by atoms with Gasteiger partial charge < -0.3 is 19.8 Å². The van der Waals surface area contributed by atoms with E-state index < -0.39 is 0 Å². The van der Waals surface area contributed by atoms with Crippen LogP contribution in [0.1, 0.15) is 30.7 Å². The Morgan fingerprint density at radius 1 is 1.33 bits per heavy atom. The fraction of sp³-hybridized carbons (Fsp3) is 0.500. The molecule has 128 valence electrons. The SMILES string of the molecule is O=C(N[C@H]1COC[C@@H](c2c[nH]c3ccc(Cl)cc23)C1)C1CCCO1. The van der Waals surface area contributed by atoms with Crippen molar-refractivity contribution in [1.29, 1.82) is 0 Å². The van der Waals surface area contributed by atoms with Gasteiger partial charge in [-0.1, -0.05) is 11.6 Å². The Morgan fingerprint density at radius 3 is 3.08 bits per heavy atom. The van der Waals surface area contributed by atoms with E-state index in [2.05, 4.69) is 10.3 Å². The van der Waals surface area contributed by atoms with Gasteiger partial charge in [0, 0.05) is 34.6 Å². The number of aromatic amines is 1. The van der Waals surface area contributed by atoms with E-state index in [0.29, 0.717) is 19.8 Å². The molecule has 5 nitrogen and oxygen atoms in total. The lowest BCUT2D eigenvalue weighted by molar-refractivity contribution is -0.131. The zero-order valence-corrected chi connectivity index (χ0v) is 14.1. The van der Waals surface area contributed by atoms with Crippen molar-refractivity contribution in [3.8, 4) is 0 Å². The predicted molar refractivity (Wildman–Crippen MR) is 92.4 cm³/mol. The first kappa shape index (κ1) is 15.9. The van der Waals surface area contributed by atoms with Crippen LogP contribution in [0.5, 0.6) is 0 Å². The lowest BCUT2D eigenvalue weighted by Crippen LogP contribution is -2.46. The highest BCUT2D eigenvalue weighted by Crippen LogP contribution is 2.32. The second kappa shape index (κ2) is 6.75. The van der Waals surface area contributed by atoms with Gasteiger partial charge in [0.25, 0.3) is 0 Å². The third-order valence-corrected chi connectivity index (χ3v) is 5.13. The Morgan fingerprint density at radius 2 is 2.25 bits per heavy atom. The molecule has 0 aliphatic carbocycles. The number of hydrogen-bond acceptors (Lipinski definition) is 3. The number of carbonyl (C=O) groups is 1. The van der Waals surface area contributed by atoms with Crippen LogP contribution in [0, 0.1) is 0 Å². The minimum Gasteiger partial charge on any atom is -0.379 e. The number of halogens is 1. The fourth-order valence-corrected chi connectivity index (χ4v) is 3.85. The molecule has 0 spiro atoms. The third-order valence-electron chi connectivity index (χ3n) is 4.89. The Kier molecular flexibility index (Phi) is 4.48. The molecule has 2 aromatic rings. The van der Waals surface area contributed by atoms with Crippen molar-refractivity contribution >= 4 is 28.4 Å². The molecular formula is C18H21ClN2O3. The summed E-state index contributed by atoms with van der Waals surface area (Å²) in [5.74, 6) is 0.226. The Hall–Kier alpha value is -1.56. The molecule has 2 aliphatic rings. The van der Waals surface area contributed by atoms with E-state index in [0.717, 1.165) is 35.2 Å². The van der Waals surface area contributed by atoms with Crippen LogP contribution in [0.3, 0.4) is 0 Å². The van der Waals surface area contributed by atoms with Gasteiger partial charge in [0.15, 0.2) is 0 Å². The molecule has 1 aromatic carbocycles. The zero-order chi connectivity index (χ0) is 16.5. The molecule has 0 bridgehead atoms. The molecule has 4 rings (SSSR count). The van der Waals surface area contributed by atoms with Crippen molar-refractivity contribution in [2.45, 2.75) is 37.3 Å². The first-order valence-electron chi connectivity index (χ1n) is 8.47. The van der Waals surface area contributed by atoms with Crippen molar-refractivity contribution < 1.29 is 14.3 Å². The Bertz CT molecular complexity index is 739. The van der Waals surface area contributed by atoms with Gasteiger partial charge in [0.2, 0.25) is 5.91 Å². The Labute approximate surface area is 145 Å². The molecule has 3 heterocycles. The molecule has 2 saturated heterocycles. The van der Waals surface area contributed by atoms with E-state index in [1.54, 1.807) is 0 Å². The van der Waals surface area contributed by atoms with Crippen molar-refractivity contribution in [2.75, 3.05) is 19.8 Å². The van der Waals surface area contributed by atoms with Crippen LogP contribution in [0.25, 0.3) is 10.9 Å². The smallest absolute Gasteiger partial charge is 0.249 e. The summed E-state index contributed by atoms with van der Waals surface area (Å²) < 4.78 is 11.2. The first-order valence-corrected chi connectivity index (χ1v) is 8.85. The second-order valence-corrected chi connectivity index (χ2v) is 7.05. The fourth-order valence-electron chi connectivity index (χ4n) is 3.68. The van der Waals surface area contributed by atoms with Gasteiger partial charge in [0.05, 0.1) is 19.3 Å².